The third-order valence-corrected chi connectivity index (χ3v) is 2.54. The van der Waals surface area contributed by atoms with E-state index in [2.05, 4.69) is 46.8 Å². The van der Waals surface area contributed by atoms with E-state index in [4.69, 9.17) is 10.8 Å². The molecule has 0 fully saturated rings. The maximum Gasteiger partial charge on any atom is 0.155 e. The summed E-state index contributed by atoms with van der Waals surface area (Å²) in [5, 5.41) is 23.3. The third kappa shape index (κ3) is 3.13. The SMILES string of the molecule is C=CC(C)(N=NC(C)(C=C)C(=N)N=C)C(=N)N=C. The minimum absolute atomic E-state index is 0.0780. The van der Waals surface area contributed by atoms with Gasteiger partial charge in [0.05, 0.1) is 0 Å². The summed E-state index contributed by atoms with van der Waals surface area (Å²) >= 11 is 0. The highest BCUT2D eigenvalue weighted by molar-refractivity contribution is 5.95. The number of aliphatic imine (C=N–C) groups is 2. The van der Waals surface area contributed by atoms with Crippen LogP contribution in [0.25, 0.3) is 0 Å². The van der Waals surface area contributed by atoms with Crippen LogP contribution in [0.2, 0.25) is 0 Å². The molecule has 2 unspecified atom stereocenters. The number of rotatable bonds is 6. The lowest BCUT2D eigenvalue weighted by Gasteiger charge is -2.22. The van der Waals surface area contributed by atoms with Crippen molar-refractivity contribution in [2.75, 3.05) is 0 Å². The Morgan fingerprint density at radius 1 is 0.889 bits per heavy atom. The fourth-order valence-corrected chi connectivity index (χ4v) is 0.898. The van der Waals surface area contributed by atoms with E-state index in [1.165, 1.54) is 12.2 Å². The standard InChI is InChI=1S/C12H18N6/c1-7-11(3,9(13)15-5)17-18-12(4,8-2)10(14)16-6/h7-8,13-14H,1-2,5-6H2,3-4H3. The second-order valence-corrected chi connectivity index (χ2v) is 3.92. The molecule has 6 nitrogen and oxygen atoms in total. The predicted molar refractivity (Wildman–Crippen MR) is 76.6 cm³/mol. The van der Waals surface area contributed by atoms with Gasteiger partial charge >= 0.3 is 0 Å². The van der Waals surface area contributed by atoms with Crippen molar-refractivity contribution in [1.82, 2.24) is 0 Å². The summed E-state index contributed by atoms with van der Waals surface area (Å²) in [5.41, 5.74) is -2.18. The van der Waals surface area contributed by atoms with Gasteiger partial charge in [-0.25, -0.2) is 9.98 Å². The molecule has 0 amide bonds. The first kappa shape index (κ1) is 15.8. The first-order valence-electron chi connectivity index (χ1n) is 5.12. The molecule has 0 saturated heterocycles. The van der Waals surface area contributed by atoms with Crippen molar-refractivity contribution in [2.45, 2.75) is 24.9 Å². The minimum atomic E-state index is -1.09. The summed E-state index contributed by atoms with van der Waals surface area (Å²) in [4.78, 5) is 7.03. The van der Waals surface area contributed by atoms with Crippen LogP contribution in [-0.2, 0) is 0 Å². The smallest absolute Gasteiger partial charge is 0.155 e. The van der Waals surface area contributed by atoms with E-state index in [0.29, 0.717) is 0 Å². The number of nitrogens with zero attached hydrogens (tertiary/aromatic N) is 4. The molecule has 0 radical (unpaired) electrons. The van der Waals surface area contributed by atoms with Gasteiger partial charge < -0.3 is 0 Å². The lowest BCUT2D eigenvalue weighted by molar-refractivity contribution is 0.624. The van der Waals surface area contributed by atoms with Gasteiger partial charge in [0.1, 0.15) is 0 Å². The molecule has 0 aromatic heterocycles. The highest BCUT2D eigenvalue weighted by atomic mass is 15.2. The number of amidine groups is 2. The van der Waals surface area contributed by atoms with Gasteiger partial charge in [0.15, 0.2) is 22.7 Å². The summed E-state index contributed by atoms with van der Waals surface area (Å²) in [5.74, 6) is -0.156. The molecule has 0 heterocycles. The van der Waals surface area contributed by atoms with E-state index in [1.807, 2.05) is 0 Å². The van der Waals surface area contributed by atoms with Gasteiger partial charge in [-0.1, -0.05) is 12.2 Å². The molecule has 0 aliphatic carbocycles. The lowest BCUT2D eigenvalue weighted by Crippen LogP contribution is -2.32. The van der Waals surface area contributed by atoms with Crippen molar-refractivity contribution in [3.8, 4) is 0 Å². The topological polar surface area (TPSA) is 97.1 Å². The summed E-state index contributed by atoms with van der Waals surface area (Å²) in [6.45, 7) is 17.0. The molecule has 2 atom stereocenters. The van der Waals surface area contributed by atoms with E-state index in [9.17, 15) is 0 Å². The van der Waals surface area contributed by atoms with E-state index in [1.54, 1.807) is 13.8 Å². The van der Waals surface area contributed by atoms with E-state index < -0.39 is 11.1 Å². The van der Waals surface area contributed by atoms with Crippen LogP contribution < -0.4 is 0 Å². The minimum Gasteiger partial charge on any atom is -0.284 e. The van der Waals surface area contributed by atoms with Gasteiger partial charge in [-0.2, -0.15) is 10.2 Å². The molecule has 0 aromatic rings. The van der Waals surface area contributed by atoms with Crippen LogP contribution in [0.1, 0.15) is 13.8 Å². The summed E-state index contributed by atoms with van der Waals surface area (Å²) in [6, 6.07) is 0. The van der Waals surface area contributed by atoms with Gasteiger partial charge in [0.2, 0.25) is 0 Å². The largest absolute Gasteiger partial charge is 0.284 e. The quantitative estimate of drug-likeness (QED) is 0.312. The highest BCUT2D eigenvalue weighted by Crippen LogP contribution is 2.21. The normalized spacial score (nSPS) is 17.2. The molecular weight excluding hydrogens is 228 g/mol. The van der Waals surface area contributed by atoms with Gasteiger partial charge in [0, 0.05) is 0 Å². The van der Waals surface area contributed by atoms with Crippen LogP contribution in [-0.4, -0.2) is 36.2 Å². The van der Waals surface area contributed by atoms with Gasteiger partial charge in [-0.3, -0.25) is 10.8 Å². The van der Waals surface area contributed by atoms with Crippen LogP contribution in [0.15, 0.2) is 45.5 Å². The second-order valence-electron chi connectivity index (χ2n) is 3.92. The Balaban J connectivity index is 5.45. The number of hydrogen-bond acceptors (Lipinski definition) is 4. The zero-order valence-electron chi connectivity index (χ0n) is 10.8. The Morgan fingerprint density at radius 3 is 1.33 bits per heavy atom. The monoisotopic (exact) mass is 246 g/mol. The van der Waals surface area contributed by atoms with Crippen LogP contribution in [0.4, 0.5) is 0 Å². The second kappa shape index (κ2) is 5.90. The van der Waals surface area contributed by atoms with Crippen molar-refractivity contribution in [3.63, 3.8) is 0 Å². The van der Waals surface area contributed by atoms with Crippen LogP contribution in [0, 0.1) is 10.8 Å². The van der Waals surface area contributed by atoms with Gasteiger partial charge in [0.25, 0.3) is 0 Å². The fraction of sp³-hybridized carbons (Fsp3) is 0.333. The van der Waals surface area contributed by atoms with Crippen molar-refractivity contribution in [3.05, 3.63) is 25.3 Å². The molecule has 0 bridgehead atoms. The van der Waals surface area contributed by atoms with Crippen LogP contribution in [0.3, 0.4) is 0 Å². The zero-order valence-corrected chi connectivity index (χ0v) is 10.8. The Morgan fingerprint density at radius 2 is 1.17 bits per heavy atom. The predicted octanol–water partition coefficient (Wildman–Crippen LogP) is 2.68. The molecule has 2 N–H and O–H groups in total. The Hall–Kier alpha value is -2.24. The molecule has 0 aliphatic rings. The molecule has 96 valence electrons. The van der Waals surface area contributed by atoms with Gasteiger partial charge in [-0.05, 0) is 27.3 Å². The molecule has 18 heavy (non-hydrogen) atoms. The zero-order chi connectivity index (χ0) is 14.4. The average molecular weight is 246 g/mol. The Labute approximate surface area is 107 Å². The molecule has 6 heteroatoms. The molecule has 0 rings (SSSR count). The van der Waals surface area contributed by atoms with E-state index in [-0.39, 0.29) is 11.7 Å². The average Bonchev–Trinajstić information content (AvgIpc) is 2.42. The van der Waals surface area contributed by atoms with Crippen molar-refractivity contribution in [2.24, 2.45) is 20.2 Å². The highest BCUT2D eigenvalue weighted by Gasteiger charge is 2.30. The summed E-state index contributed by atoms with van der Waals surface area (Å²) in [7, 11) is 0. The molecule has 0 aromatic carbocycles. The molecule has 0 aliphatic heterocycles. The Bertz CT molecular complexity index is 396. The van der Waals surface area contributed by atoms with Crippen molar-refractivity contribution in [1.29, 1.82) is 10.8 Å². The summed E-state index contributed by atoms with van der Waals surface area (Å²) < 4.78 is 0. The Kier molecular flexibility index (Phi) is 5.17. The maximum atomic E-state index is 7.64. The van der Waals surface area contributed by atoms with Crippen LogP contribution >= 0.6 is 0 Å². The van der Waals surface area contributed by atoms with Gasteiger partial charge in [-0.15, -0.1) is 13.2 Å². The summed E-state index contributed by atoms with van der Waals surface area (Å²) in [6.07, 6.45) is 2.87. The van der Waals surface area contributed by atoms with Crippen molar-refractivity contribution < 1.29 is 0 Å². The van der Waals surface area contributed by atoms with Crippen molar-refractivity contribution >= 4 is 25.1 Å². The lowest BCUT2D eigenvalue weighted by atomic mass is 10.0. The van der Waals surface area contributed by atoms with E-state index in [0.717, 1.165) is 0 Å². The fourth-order valence-electron chi connectivity index (χ4n) is 0.898. The maximum absolute atomic E-state index is 7.64. The molecule has 0 saturated carbocycles. The number of azo groups is 1. The molecule has 0 spiro atoms. The molecular formula is C12H18N6. The first-order chi connectivity index (χ1) is 8.29. The van der Waals surface area contributed by atoms with E-state index >= 15 is 0 Å². The first-order valence-corrected chi connectivity index (χ1v) is 5.12. The third-order valence-electron chi connectivity index (χ3n) is 2.54. The number of hydrogen-bond donors (Lipinski definition) is 2. The van der Waals surface area contributed by atoms with Crippen LogP contribution in [0.5, 0.6) is 0 Å². The number of nitrogens with one attached hydrogen (secondary N) is 2.